The van der Waals surface area contributed by atoms with Crippen LogP contribution in [0.15, 0.2) is 48.5 Å². The summed E-state index contributed by atoms with van der Waals surface area (Å²) in [6.07, 6.45) is 0. The third kappa shape index (κ3) is 5.23. The first kappa shape index (κ1) is 20.6. The van der Waals surface area contributed by atoms with Crippen molar-refractivity contribution in [3.05, 3.63) is 64.2 Å². The topological polar surface area (TPSA) is 89.2 Å². The molecule has 1 amide bonds. The van der Waals surface area contributed by atoms with E-state index in [9.17, 15) is 14.9 Å². The predicted molar refractivity (Wildman–Crippen MR) is 110 cm³/mol. The number of hydrogen-bond acceptors (Lipinski definition) is 5. The van der Waals surface area contributed by atoms with Gasteiger partial charge in [-0.3, -0.25) is 14.9 Å². The molecule has 2 N–H and O–H groups in total. The summed E-state index contributed by atoms with van der Waals surface area (Å²) in [4.78, 5) is 26.4. The van der Waals surface area contributed by atoms with E-state index in [0.29, 0.717) is 6.54 Å². The van der Waals surface area contributed by atoms with Crippen molar-refractivity contribution in [2.24, 2.45) is 0 Å². The van der Waals surface area contributed by atoms with Crippen LogP contribution in [0, 0.1) is 10.1 Å². The van der Waals surface area contributed by atoms with E-state index < -0.39 is 4.92 Å². The predicted octanol–water partition coefficient (Wildman–Crippen LogP) is 1.01. The second-order valence-corrected chi connectivity index (χ2v) is 7.21. The van der Waals surface area contributed by atoms with Gasteiger partial charge in [-0.1, -0.05) is 12.1 Å². The SMILES string of the molecule is COc1ccc(CNC(=O)[C@@H](C)[NH+]2CCN(c3ccc([N+](=O)[O-])cc3)CC2)cc1. The highest BCUT2D eigenvalue weighted by atomic mass is 16.6. The molecule has 2 aromatic carbocycles. The minimum atomic E-state index is -0.391. The van der Waals surface area contributed by atoms with Crippen LogP contribution < -0.4 is 19.9 Å². The van der Waals surface area contributed by atoms with E-state index in [1.54, 1.807) is 19.2 Å². The summed E-state index contributed by atoms with van der Waals surface area (Å²) in [5.74, 6) is 0.836. The largest absolute Gasteiger partial charge is 0.497 e. The molecule has 1 aliphatic heterocycles. The fraction of sp³-hybridized carbons (Fsp3) is 0.381. The van der Waals surface area contributed by atoms with Crippen molar-refractivity contribution in [3.8, 4) is 5.75 Å². The molecule has 154 valence electrons. The Morgan fingerprint density at radius 2 is 1.79 bits per heavy atom. The molecule has 1 saturated heterocycles. The number of hydrogen-bond donors (Lipinski definition) is 2. The first-order valence-electron chi connectivity index (χ1n) is 9.72. The zero-order valence-corrected chi connectivity index (χ0v) is 16.8. The van der Waals surface area contributed by atoms with Crippen LogP contribution in [0.3, 0.4) is 0 Å². The van der Waals surface area contributed by atoms with Crippen molar-refractivity contribution in [2.75, 3.05) is 38.2 Å². The normalized spacial score (nSPS) is 15.6. The van der Waals surface area contributed by atoms with Crippen LogP contribution in [0.5, 0.6) is 5.75 Å². The van der Waals surface area contributed by atoms with Crippen LogP contribution in [0.1, 0.15) is 12.5 Å². The number of nitrogens with zero attached hydrogens (tertiary/aromatic N) is 2. The molecule has 8 heteroatoms. The van der Waals surface area contributed by atoms with E-state index in [-0.39, 0.29) is 17.6 Å². The second-order valence-electron chi connectivity index (χ2n) is 7.21. The van der Waals surface area contributed by atoms with Crippen LogP contribution in [0.2, 0.25) is 0 Å². The van der Waals surface area contributed by atoms with Crippen molar-refractivity contribution in [1.82, 2.24) is 5.32 Å². The summed E-state index contributed by atoms with van der Waals surface area (Å²) < 4.78 is 5.14. The van der Waals surface area contributed by atoms with Gasteiger partial charge < -0.3 is 19.9 Å². The van der Waals surface area contributed by atoms with E-state index in [0.717, 1.165) is 43.2 Å². The van der Waals surface area contributed by atoms with Crippen molar-refractivity contribution < 1.29 is 19.4 Å². The number of carbonyl (C=O) groups excluding carboxylic acids is 1. The zero-order chi connectivity index (χ0) is 20.8. The van der Waals surface area contributed by atoms with Crippen molar-refractivity contribution >= 4 is 17.3 Å². The third-order valence-corrected chi connectivity index (χ3v) is 5.46. The Morgan fingerprint density at radius 3 is 2.34 bits per heavy atom. The minimum Gasteiger partial charge on any atom is -0.497 e. The number of piperazine rings is 1. The lowest BCUT2D eigenvalue weighted by molar-refractivity contribution is -0.914. The number of nitro benzene ring substituents is 1. The van der Waals surface area contributed by atoms with Crippen molar-refractivity contribution in [3.63, 3.8) is 0 Å². The molecule has 1 aliphatic rings. The Bertz CT molecular complexity index is 831. The smallest absolute Gasteiger partial charge is 0.278 e. The first-order valence-corrected chi connectivity index (χ1v) is 9.72. The maximum absolute atomic E-state index is 12.6. The van der Waals surface area contributed by atoms with Crippen molar-refractivity contribution in [1.29, 1.82) is 0 Å². The number of quaternary nitrogens is 1. The van der Waals surface area contributed by atoms with Gasteiger partial charge in [0.15, 0.2) is 6.04 Å². The summed E-state index contributed by atoms with van der Waals surface area (Å²) in [5.41, 5.74) is 2.11. The highest BCUT2D eigenvalue weighted by Gasteiger charge is 2.29. The maximum Gasteiger partial charge on any atom is 0.278 e. The molecule has 0 spiro atoms. The molecule has 0 saturated carbocycles. The number of amides is 1. The summed E-state index contributed by atoms with van der Waals surface area (Å²) in [6.45, 7) is 5.75. The third-order valence-electron chi connectivity index (χ3n) is 5.46. The van der Waals surface area contributed by atoms with Gasteiger partial charge >= 0.3 is 0 Å². The molecule has 0 radical (unpaired) electrons. The lowest BCUT2D eigenvalue weighted by Gasteiger charge is -2.36. The van der Waals surface area contributed by atoms with E-state index in [1.165, 1.54) is 17.0 Å². The van der Waals surface area contributed by atoms with Crippen molar-refractivity contribution in [2.45, 2.75) is 19.5 Å². The highest BCUT2D eigenvalue weighted by Crippen LogP contribution is 2.19. The van der Waals surface area contributed by atoms with E-state index in [1.807, 2.05) is 31.2 Å². The van der Waals surface area contributed by atoms with Gasteiger partial charge in [-0.2, -0.15) is 0 Å². The fourth-order valence-electron chi connectivity index (χ4n) is 3.54. The summed E-state index contributed by atoms with van der Waals surface area (Å²) in [5, 5.41) is 13.8. The van der Waals surface area contributed by atoms with E-state index in [4.69, 9.17) is 4.74 Å². The molecule has 3 rings (SSSR count). The van der Waals surface area contributed by atoms with Gasteiger partial charge in [0.25, 0.3) is 11.6 Å². The molecule has 1 atom stereocenters. The average Bonchev–Trinajstić information content (AvgIpc) is 2.77. The summed E-state index contributed by atoms with van der Waals surface area (Å²) in [7, 11) is 1.63. The Balaban J connectivity index is 1.47. The Kier molecular flexibility index (Phi) is 6.66. The van der Waals surface area contributed by atoms with Crippen LogP contribution in [0.4, 0.5) is 11.4 Å². The lowest BCUT2D eigenvalue weighted by Crippen LogP contribution is -3.19. The fourth-order valence-corrected chi connectivity index (χ4v) is 3.54. The van der Waals surface area contributed by atoms with Crippen LogP contribution >= 0.6 is 0 Å². The number of nitro groups is 1. The molecule has 1 fully saturated rings. The molecule has 0 unspecified atom stereocenters. The van der Waals surface area contributed by atoms with Crippen LogP contribution in [0.25, 0.3) is 0 Å². The maximum atomic E-state index is 12.6. The quantitative estimate of drug-likeness (QED) is 0.536. The lowest BCUT2D eigenvalue weighted by atomic mass is 10.1. The molecule has 8 nitrogen and oxygen atoms in total. The number of benzene rings is 2. The number of non-ortho nitro benzene ring substituents is 1. The summed E-state index contributed by atoms with van der Waals surface area (Å²) in [6, 6.07) is 14.2. The van der Waals surface area contributed by atoms with E-state index in [2.05, 4.69) is 10.2 Å². The monoisotopic (exact) mass is 399 g/mol. The zero-order valence-electron chi connectivity index (χ0n) is 16.8. The molecule has 29 heavy (non-hydrogen) atoms. The minimum absolute atomic E-state index is 0.0413. The number of nitrogens with one attached hydrogen (secondary N) is 2. The molecule has 2 aromatic rings. The van der Waals surface area contributed by atoms with E-state index >= 15 is 0 Å². The molecular formula is C21H27N4O4+. The number of carbonyl (C=O) groups is 1. The Hall–Kier alpha value is -3.13. The standard InChI is InChI=1S/C21H26N4O4/c1-16(21(26)22-15-17-3-9-20(29-2)10-4-17)23-11-13-24(14-12-23)18-5-7-19(8-6-18)25(27)28/h3-10,16H,11-15H2,1-2H3,(H,22,26)/p+1/t16-/m1/s1. The molecular weight excluding hydrogens is 372 g/mol. The Morgan fingerprint density at radius 1 is 1.17 bits per heavy atom. The number of ether oxygens (including phenoxy) is 1. The molecule has 0 bridgehead atoms. The second kappa shape index (κ2) is 9.38. The average molecular weight is 399 g/mol. The molecule has 0 aliphatic carbocycles. The Labute approximate surface area is 170 Å². The number of anilines is 1. The summed E-state index contributed by atoms with van der Waals surface area (Å²) >= 11 is 0. The van der Waals surface area contributed by atoms with Crippen LogP contribution in [-0.2, 0) is 11.3 Å². The van der Waals surface area contributed by atoms with Gasteiger partial charge in [-0.15, -0.1) is 0 Å². The number of methoxy groups -OCH3 is 1. The van der Waals surface area contributed by atoms with Gasteiger partial charge in [0.1, 0.15) is 5.75 Å². The van der Waals surface area contributed by atoms with Crippen LogP contribution in [-0.4, -0.2) is 50.2 Å². The first-order chi connectivity index (χ1) is 14.0. The highest BCUT2D eigenvalue weighted by molar-refractivity contribution is 5.79. The molecule has 1 heterocycles. The van der Waals surface area contributed by atoms with Gasteiger partial charge in [-0.05, 0) is 36.8 Å². The van der Waals surface area contributed by atoms with Gasteiger partial charge in [0.05, 0.1) is 38.2 Å². The number of rotatable bonds is 7. The van der Waals surface area contributed by atoms with Gasteiger partial charge in [0, 0.05) is 24.4 Å². The molecule has 0 aromatic heterocycles. The van der Waals surface area contributed by atoms with Gasteiger partial charge in [-0.25, -0.2) is 0 Å². The van der Waals surface area contributed by atoms with Gasteiger partial charge in [0.2, 0.25) is 0 Å².